The number of anilines is 1. The third-order valence-electron chi connectivity index (χ3n) is 3.80. The van der Waals surface area contributed by atoms with Crippen molar-refractivity contribution in [3.63, 3.8) is 0 Å². The average molecular weight is 272 g/mol. The van der Waals surface area contributed by atoms with Crippen LogP contribution < -0.4 is 11.3 Å². The second-order valence-corrected chi connectivity index (χ2v) is 5.15. The lowest BCUT2D eigenvalue weighted by Crippen LogP contribution is -2.14. The summed E-state index contributed by atoms with van der Waals surface area (Å²) in [6.07, 6.45) is 6.43. The van der Waals surface area contributed by atoms with Gasteiger partial charge < -0.3 is 9.84 Å². The normalized spacial score (nSPS) is 14.7. The Balaban J connectivity index is 2.05. The quantitative estimate of drug-likeness (QED) is 0.510. The third-order valence-corrected chi connectivity index (χ3v) is 3.80. The van der Waals surface area contributed by atoms with Crippen molar-refractivity contribution in [2.75, 3.05) is 5.43 Å². The maximum absolute atomic E-state index is 5.75. The molecule has 0 amide bonds. The first-order chi connectivity index (χ1) is 9.81. The zero-order valence-corrected chi connectivity index (χ0v) is 11.8. The fourth-order valence-electron chi connectivity index (χ4n) is 2.69. The standard InChI is InChI=1S/C15H20N4O/c1-2-10-8-9-13(20-10)15-17-12-7-5-3-4-6-11(12)14(18-15)19-16/h8-9H,2-7,16H2,1H3,(H,17,18,19). The first kappa shape index (κ1) is 13.1. The predicted molar refractivity (Wildman–Crippen MR) is 78.2 cm³/mol. The van der Waals surface area contributed by atoms with E-state index >= 15 is 0 Å². The first-order valence-electron chi connectivity index (χ1n) is 7.27. The van der Waals surface area contributed by atoms with Crippen molar-refractivity contribution in [1.82, 2.24) is 9.97 Å². The van der Waals surface area contributed by atoms with Gasteiger partial charge in [-0.2, -0.15) is 0 Å². The number of rotatable bonds is 3. The van der Waals surface area contributed by atoms with Gasteiger partial charge in [0.05, 0.1) is 0 Å². The van der Waals surface area contributed by atoms with Gasteiger partial charge in [0.2, 0.25) is 0 Å². The molecule has 106 valence electrons. The van der Waals surface area contributed by atoms with E-state index in [1.807, 2.05) is 12.1 Å². The summed E-state index contributed by atoms with van der Waals surface area (Å²) < 4.78 is 5.75. The Bertz CT molecular complexity index is 606. The van der Waals surface area contributed by atoms with Crippen molar-refractivity contribution in [3.8, 4) is 11.6 Å². The van der Waals surface area contributed by atoms with Gasteiger partial charge in [-0.3, -0.25) is 0 Å². The molecule has 20 heavy (non-hydrogen) atoms. The van der Waals surface area contributed by atoms with E-state index in [0.717, 1.165) is 42.1 Å². The Hall–Kier alpha value is -1.88. The van der Waals surface area contributed by atoms with Crippen LogP contribution in [0.2, 0.25) is 0 Å². The van der Waals surface area contributed by atoms with Gasteiger partial charge in [0, 0.05) is 17.7 Å². The number of nitrogens with zero attached hydrogens (tertiary/aromatic N) is 2. The van der Waals surface area contributed by atoms with Gasteiger partial charge in [-0.15, -0.1) is 0 Å². The van der Waals surface area contributed by atoms with Gasteiger partial charge in [0.1, 0.15) is 11.6 Å². The Morgan fingerprint density at radius 3 is 2.80 bits per heavy atom. The lowest BCUT2D eigenvalue weighted by Gasteiger charge is -2.11. The van der Waals surface area contributed by atoms with Crippen LogP contribution >= 0.6 is 0 Å². The van der Waals surface area contributed by atoms with Crippen LogP contribution in [0.3, 0.4) is 0 Å². The monoisotopic (exact) mass is 272 g/mol. The highest BCUT2D eigenvalue weighted by molar-refractivity contribution is 5.55. The number of aryl methyl sites for hydroxylation is 2. The first-order valence-corrected chi connectivity index (χ1v) is 7.27. The maximum Gasteiger partial charge on any atom is 0.197 e. The lowest BCUT2D eigenvalue weighted by atomic mass is 10.1. The minimum atomic E-state index is 0.623. The molecule has 0 saturated carbocycles. The number of nitrogens with two attached hydrogens (primary N) is 1. The molecule has 3 N–H and O–H groups in total. The van der Waals surface area contributed by atoms with Crippen molar-refractivity contribution >= 4 is 5.82 Å². The van der Waals surface area contributed by atoms with Gasteiger partial charge in [-0.05, 0) is 37.8 Å². The molecule has 0 bridgehead atoms. The van der Waals surface area contributed by atoms with E-state index in [1.165, 1.54) is 19.3 Å². The minimum Gasteiger partial charge on any atom is -0.458 e. The summed E-state index contributed by atoms with van der Waals surface area (Å²) in [5.41, 5.74) is 4.99. The van der Waals surface area contributed by atoms with Gasteiger partial charge in [-0.1, -0.05) is 13.3 Å². The van der Waals surface area contributed by atoms with Crippen molar-refractivity contribution < 1.29 is 4.42 Å². The number of nitrogens with one attached hydrogen (secondary N) is 1. The number of fused-ring (bicyclic) bond motifs is 1. The van der Waals surface area contributed by atoms with Crippen molar-refractivity contribution in [3.05, 3.63) is 29.2 Å². The predicted octanol–water partition coefficient (Wildman–Crippen LogP) is 2.85. The van der Waals surface area contributed by atoms with Gasteiger partial charge >= 0.3 is 0 Å². The van der Waals surface area contributed by atoms with E-state index in [-0.39, 0.29) is 0 Å². The average Bonchev–Trinajstić information content (AvgIpc) is 2.84. The highest BCUT2D eigenvalue weighted by atomic mass is 16.3. The molecule has 1 aliphatic carbocycles. The molecule has 0 aliphatic heterocycles. The molecule has 0 radical (unpaired) electrons. The number of nitrogen functional groups attached to an aromatic ring is 1. The van der Waals surface area contributed by atoms with E-state index in [9.17, 15) is 0 Å². The van der Waals surface area contributed by atoms with Crippen LogP contribution in [0, 0.1) is 0 Å². The Morgan fingerprint density at radius 2 is 2.05 bits per heavy atom. The smallest absolute Gasteiger partial charge is 0.197 e. The second-order valence-electron chi connectivity index (χ2n) is 5.15. The minimum absolute atomic E-state index is 0.623. The van der Waals surface area contributed by atoms with E-state index in [4.69, 9.17) is 15.2 Å². The second kappa shape index (κ2) is 5.63. The maximum atomic E-state index is 5.75. The lowest BCUT2D eigenvalue weighted by molar-refractivity contribution is 0.525. The molecule has 5 heteroatoms. The third kappa shape index (κ3) is 2.41. The Kier molecular flexibility index (Phi) is 3.69. The molecule has 0 spiro atoms. The van der Waals surface area contributed by atoms with E-state index in [2.05, 4.69) is 17.3 Å². The molecule has 2 aromatic rings. The topological polar surface area (TPSA) is 77.0 Å². The molecular formula is C15H20N4O. The highest BCUT2D eigenvalue weighted by Crippen LogP contribution is 2.28. The molecule has 0 aromatic carbocycles. The van der Waals surface area contributed by atoms with E-state index in [0.29, 0.717) is 11.6 Å². The molecule has 3 rings (SSSR count). The van der Waals surface area contributed by atoms with Crippen LogP contribution in [-0.4, -0.2) is 9.97 Å². The molecule has 0 saturated heterocycles. The summed E-state index contributed by atoms with van der Waals surface area (Å²) in [5, 5.41) is 0. The summed E-state index contributed by atoms with van der Waals surface area (Å²) in [6.45, 7) is 2.06. The summed E-state index contributed by atoms with van der Waals surface area (Å²) in [5.74, 6) is 8.65. The van der Waals surface area contributed by atoms with Crippen molar-refractivity contribution in [2.45, 2.75) is 45.4 Å². The molecular weight excluding hydrogens is 252 g/mol. The molecule has 2 aromatic heterocycles. The largest absolute Gasteiger partial charge is 0.458 e. The van der Waals surface area contributed by atoms with Gasteiger partial charge in [-0.25, -0.2) is 15.8 Å². The van der Waals surface area contributed by atoms with Gasteiger partial charge in [0.15, 0.2) is 11.6 Å². The summed E-state index contributed by atoms with van der Waals surface area (Å²) in [6, 6.07) is 3.90. The van der Waals surface area contributed by atoms with Crippen LogP contribution in [0.5, 0.6) is 0 Å². The van der Waals surface area contributed by atoms with Crippen LogP contribution in [-0.2, 0) is 19.3 Å². The fourth-order valence-corrected chi connectivity index (χ4v) is 2.69. The molecule has 5 nitrogen and oxygen atoms in total. The number of hydrazine groups is 1. The summed E-state index contributed by atoms with van der Waals surface area (Å²) in [4.78, 5) is 9.22. The highest BCUT2D eigenvalue weighted by Gasteiger charge is 2.18. The van der Waals surface area contributed by atoms with E-state index in [1.54, 1.807) is 0 Å². The van der Waals surface area contributed by atoms with Crippen LogP contribution in [0.1, 0.15) is 43.2 Å². The van der Waals surface area contributed by atoms with Crippen molar-refractivity contribution in [1.29, 1.82) is 0 Å². The van der Waals surface area contributed by atoms with Gasteiger partial charge in [0.25, 0.3) is 0 Å². The summed E-state index contributed by atoms with van der Waals surface area (Å²) in [7, 11) is 0. The van der Waals surface area contributed by atoms with Crippen LogP contribution in [0.4, 0.5) is 5.82 Å². The van der Waals surface area contributed by atoms with Crippen molar-refractivity contribution in [2.24, 2.45) is 5.84 Å². The number of hydrogen-bond donors (Lipinski definition) is 2. The summed E-state index contributed by atoms with van der Waals surface area (Å²) >= 11 is 0. The number of aromatic nitrogens is 2. The SMILES string of the molecule is CCc1ccc(-c2nc3c(c(NN)n2)CCCCC3)o1. The van der Waals surface area contributed by atoms with Crippen LogP contribution in [0.15, 0.2) is 16.5 Å². The Morgan fingerprint density at radius 1 is 1.20 bits per heavy atom. The zero-order chi connectivity index (χ0) is 13.9. The number of hydrogen-bond acceptors (Lipinski definition) is 5. The molecule has 2 heterocycles. The zero-order valence-electron chi connectivity index (χ0n) is 11.8. The molecule has 0 atom stereocenters. The molecule has 0 unspecified atom stereocenters. The van der Waals surface area contributed by atoms with E-state index < -0.39 is 0 Å². The van der Waals surface area contributed by atoms with Crippen LogP contribution in [0.25, 0.3) is 11.6 Å². The Labute approximate surface area is 118 Å². The molecule has 0 fully saturated rings. The molecule has 1 aliphatic rings. The fraction of sp³-hybridized carbons (Fsp3) is 0.467. The number of furan rings is 1.